The zero-order chi connectivity index (χ0) is 11.4. The van der Waals surface area contributed by atoms with E-state index in [0.717, 1.165) is 32.2 Å². The van der Waals surface area contributed by atoms with E-state index >= 15 is 0 Å². The Hall–Kier alpha value is -0.320. The molecule has 1 aliphatic carbocycles. The van der Waals surface area contributed by atoms with Gasteiger partial charge >= 0.3 is 1.43 Å². The third-order valence-electron chi connectivity index (χ3n) is 3.88. The predicted octanol–water partition coefficient (Wildman–Crippen LogP) is -2.46. The van der Waals surface area contributed by atoms with Crippen molar-refractivity contribution < 1.29 is 18.6 Å². The van der Waals surface area contributed by atoms with Gasteiger partial charge in [-0.1, -0.05) is 19.3 Å². The third-order valence-corrected chi connectivity index (χ3v) is 3.88. The van der Waals surface area contributed by atoms with E-state index in [1.54, 1.807) is 0 Å². The number of rotatable bonds is 3. The van der Waals surface area contributed by atoms with Gasteiger partial charge in [0, 0.05) is 32.2 Å². The monoisotopic (exact) mass is 261 g/mol. The maximum atomic E-state index is 10.8. The van der Waals surface area contributed by atoms with Crippen LogP contribution in [0, 0.1) is 0 Å². The first-order valence-electron chi connectivity index (χ1n) is 6.50. The molecule has 2 N–H and O–H groups in total. The van der Waals surface area contributed by atoms with Crippen LogP contribution in [0.3, 0.4) is 0 Å². The van der Waals surface area contributed by atoms with E-state index in [-0.39, 0.29) is 19.7 Å². The van der Waals surface area contributed by atoms with Gasteiger partial charge in [0.2, 0.25) is 5.91 Å². The highest BCUT2D eigenvalue weighted by Gasteiger charge is 2.25. The fraction of sp³-hybridized carbons (Fsp3) is 0.917. The van der Waals surface area contributed by atoms with E-state index in [1.165, 1.54) is 32.1 Å². The first-order valence-corrected chi connectivity index (χ1v) is 6.50. The summed E-state index contributed by atoms with van der Waals surface area (Å²) in [5.74, 6) is -0.203. The van der Waals surface area contributed by atoms with E-state index in [4.69, 9.17) is 5.73 Å². The van der Waals surface area contributed by atoms with Crippen LogP contribution in [0.5, 0.6) is 0 Å². The molecular weight excluding hydrogens is 238 g/mol. The number of hydrogen-bond acceptors (Lipinski definition) is 3. The minimum Gasteiger partial charge on any atom is -1.00 e. The molecule has 1 saturated carbocycles. The summed E-state index contributed by atoms with van der Waals surface area (Å²) in [5.41, 5.74) is 5.21. The topological polar surface area (TPSA) is 49.6 Å². The molecule has 0 radical (unpaired) electrons. The smallest absolute Gasteiger partial charge is 1.00 e. The van der Waals surface area contributed by atoms with Crippen molar-refractivity contribution in [1.82, 2.24) is 9.80 Å². The van der Waals surface area contributed by atoms with Gasteiger partial charge in [0.05, 0.1) is 6.54 Å². The standard InChI is InChI=1S/C12H23N3O.ClH/c13-12(16)10-14-6-8-15(9-7-14)11-4-2-1-3-5-11;/h11H,1-10H2,(H2,13,16);1H. The van der Waals surface area contributed by atoms with E-state index < -0.39 is 0 Å². The van der Waals surface area contributed by atoms with Gasteiger partial charge in [-0.05, 0) is 12.8 Å². The number of carbonyl (C=O) groups excluding carboxylic acids is 1. The fourth-order valence-corrected chi connectivity index (χ4v) is 2.95. The molecule has 0 aromatic heterocycles. The Kier molecular flexibility index (Phi) is 6.23. The number of nitrogens with zero attached hydrogens (tertiary/aromatic N) is 2. The minimum atomic E-state index is -0.203. The second-order valence-corrected chi connectivity index (χ2v) is 5.07. The molecule has 0 unspecified atom stereocenters. The highest BCUT2D eigenvalue weighted by molar-refractivity contribution is 5.75. The average molecular weight is 262 g/mol. The first-order chi connectivity index (χ1) is 7.75. The summed E-state index contributed by atoms with van der Waals surface area (Å²) in [4.78, 5) is 15.6. The number of primary amides is 1. The molecule has 2 fully saturated rings. The normalized spacial score (nSPS) is 24.2. The predicted molar refractivity (Wildman–Crippen MR) is 65.2 cm³/mol. The van der Waals surface area contributed by atoms with E-state index in [1.807, 2.05) is 0 Å². The van der Waals surface area contributed by atoms with Crippen LogP contribution in [0.2, 0.25) is 0 Å². The first kappa shape index (κ1) is 14.7. The highest BCUT2D eigenvalue weighted by atomic mass is 35.5. The summed E-state index contributed by atoms with van der Waals surface area (Å²) in [6.07, 6.45) is 6.95. The summed E-state index contributed by atoms with van der Waals surface area (Å²) in [6.45, 7) is 4.65. The van der Waals surface area contributed by atoms with E-state index in [0.29, 0.717) is 6.54 Å². The number of halogens is 1. The van der Waals surface area contributed by atoms with Gasteiger partial charge < -0.3 is 18.1 Å². The van der Waals surface area contributed by atoms with Crippen molar-refractivity contribution in [3.8, 4) is 0 Å². The second-order valence-electron chi connectivity index (χ2n) is 5.07. The molecule has 0 atom stereocenters. The van der Waals surface area contributed by atoms with Crippen molar-refractivity contribution in [1.29, 1.82) is 0 Å². The summed E-state index contributed by atoms with van der Waals surface area (Å²) < 4.78 is 0. The molecular formula is C12H24ClN3O. The van der Waals surface area contributed by atoms with Crippen molar-refractivity contribution >= 4 is 5.91 Å². The molecule has 0 aromatic rings. The number of carbonyl (C=O) groups is 1. The molecule has 1 saturated heterocycles. The van der Waals surface area contributed by atoms with Crippen LogP contribution in [0.1, 0.15) is 33.5 Å². The Bertz CT molecular complexity index is 241. The lowest BCUT2D eigenvalue weighted by Crippen LogP contribution is -3.00. The maximum absolute atomic E-state index is 10.8. The molecule has 5 heteroatoms. The molecule has 2 aliphatic rings. The Morgan fingerprint density at radius 3 is 2.24 bits per heavy atom. The van der Waals surface area contributed by atoms with Gasteiger partial charge in [0.15, 0.2) is 0 Å². The Labute approximate surface area is 111 Å². The molecule has 1 amide bonds. The SMILES string of the molecule is NC(=O)CN1CCN(C2CCCCC2)CC1.[Cl-].[H+]. The highest BCUT2D eigenvalue weighted by Crippen LogP contribution is 2.23. The van der Waals surface area contributed by atoms with Gasteiger partial charge in [-0.3, -0.25) is 14.6 Å². The molecule has 1 aliphatic heterocycles. The van der Waals surface area contributed by atoms with Crippen molar-refractivity contribution in [3.05, 3.63) is 0 Å². The van der Waals surface area contributed by atoms with Crippen LogP contribution < -0.4 is 18.1 Å². The lowest BCUT2D eigenvalue weighted by Gasteiger charge is -2.40. The molecule has 1 heterocycles. The Morgan fingerprint density at radius 1 is 1.12 bits per heavy atom. The van der Waals surface area contributed by atoms with Gasteiger partial charge in [-0.15, -0.1) is 0 Å². The number of piperazine rings is 1. The second kappa shape index (κ2) is 7.19. The average Bonchev–Trinajstić information content (AvgIpc) is 2.30. The van der Waals surface area contributed by atoms with Crippen LogP contribution in [0.15, 0.2) is 0 Å². The van der Waals surface area contributed by atoms with E-state index in [9.17, 15) is 4.79 Å². The minimum absolute atomic E-state index is 0. The Balaban J connectivity index is 0.00000144. The van der Waals surface area contributed by atoms with E-state index in [2.05, 4.69) is 9.80 Å². The zero-order valence-electron chi connectivity index (χ0n) is 11.4. The Morgan fingerprint density at radius 2 is 1.71 bits per heavy atom. The van der Waals surface area contributed by atoms with Crippen LogP contribution in [0.4, 0.5) is 0 Å². The molecule has 4 nitrogen and oxygen atoms in total. The largest absolute Gasteiger partial charge is 1.00 e. The van der Waals surface area contributed by atoms with Gasteiger partial charge in [-0.25, -0.2) is 0 Å². The maximum Gasteiger partial charge on any atom is 1.00 e. The number of nitrogens with two attached hydrogens (primary N) is 1. The lowest BCUT2D eigenvalue weighted by atomic mass is 9.94. The summed E-state index contributed by atoms with van der Waals surface area (Å²) in [5, 5.41) is 0. The quantitative estimate of drug-likeness (QED) is 0.613. The molecule has 0 aromatic carbocycles. The molecule has 0 spiro atoms. The number of hydrogen-bond donors (Lipinski definition) is 1. The van der Waals surface area contributed by atoms with Crippen LogP contribution in [-0.2, 0) is 4.79 Å². The summed E-state index contributed by atoms with van der Waals surface area (Å²) in [7, 11) is 0. The van der Waals surface area contributed by atoms with Crippen molar-refractivity contribution in [2.75, 3.05) is 32.7 Å². The lowest BCUT2D eigenvalue weighted by molar-refractivity contribution is -0.119. The van der Waals surface area contributed by atoms with Crippen LogP contribution >= 0.6 is 0 Å². The fourth-order valence-electron chi connectivity index (χ4n) is 2.95. The molecule has 0 bridgehead atoms. The molecule has 100 valence electrons. The summed E-state index contributed by atoms with van der Waals surface area (Å²) in [6, 6.07) is 0.810. The van der Waals surface area contributed by atoms with Crippen molar-refractivity contribution in [2.24, 2.45) is 5.73 Å². The van der Waals surface area contributed by atoms with Gasteiger partial charge in [-0.2, -0.15) is 0 Å². The third kappa shape index (κ3) is 4.45. The van der Waals surface area contributed by atoms with Gasteiger partial charge in [0.1, 0.15) is 0 Å². The van der Waals surface area contributed by atoms with Crippen LogP contribution in [0.25, 0.3) is 0 Å². The number of amides is 1. The zero-order valence-corrected chi connectivity index (χ0v) is 11.2. The molecule has 17 heavy (non-hydrogen) atoms. The summed E-state index contributed by atoms with van der Waals surface area (Å²) >= 11 is 0. The van der Waals surface area contributed by atoms with Crippen LogP contribution in [-0.4, -0.2) is 54.5 Å². The van der Waals surface area contributed by atoms with Crippen molar-refractivity contribution in [3.63, 3.8) is 0 Å². The van der Waals surface area contributed by atoms with Gasteiger partial charge in [0.25, 0.3) is 0 Å². The molecule has 2 rings (SSSR count). The van der Waals surface area contributed by atoms with Crippen molar-refractivity contribution in [2.45, 2.75) is 38.1 Å².